The number of carbonyl (C=O) groups excluding carboxylic acids is 1. The molecule has 14 heteroatoms. The molecule has 1 amide bonds. The van der Waals surface area contributed by atoms with Crippen LogP contribution >= 0.6 is 11.6 Å². The summed E-state index contributed by atoms with van der Waals surface area (Å²) in [6, 6.07) is 6.99. The number of unbranched alkanes of at least 4 members (excludes halogenated alkanes) is 1. The Labute approximate surface area is 234 Å². The SMILES string of the molecule is CCCCN=C(N)NC(=O)C1=NC(Cl)=C(N)N(c2ccc(OCCOCCOCCOCCOC)cc2)C1N. The smallest absolute Gasteiger partial charge is 0.275 e. The van der Waals surface area contributed by atoms with Gasteiger partial charge in [-0.25, -0.2) is 4.99 Å². The molecule has 13 nitrogen and oxygen atoms in total. The van der Waals surface area contributed by atoms with Crippen LogP contribution in [-0.2, 0) is 23.7 Å². The number of amides is 1. The van der Waals surface area contributed by atoms with E-state index in [-0.39, 0.29) is 22.6 Å². The van der Waals surface area contributed by atoms with E-state index in [9.17, 15) is 4.79 Å². The summed E-state index contributed by atoms with van der Waals surface area (Å²) in [5.41, 5.74) is 18.8. The summed E-state index contributed by atoms with van der Waals surface area (Å²) >= 11 is 6.22. The van der Waals surface area contributed by atoms with Crippen LogP contribution in [0.1, 0.15) is 19.8 Å². The van der Waals surface area contributed by atoms with Crippen LogP contribution in [0.3, 0.4) is 0 Å². The first-order valence-corrected chi connectivity index (χ1v) is 13.1. The first-order valence-electron chi connectivity index (χ1n) is 12.7. The van der Waals surface area contributed by atoms with Crippen molar-refractivity contribution in [3.8, 4) is 5.75 Å². The molecule has 0 bridgehead atoms. The maximum absolute atomic E-state index is 12.7. The number of aliphatic imine (C=N–C) groups is 2. The zero-order valence-electron chi connectivity index (χ0n) is 22.6. The molecule has 0 radical (unpaired) electrons. The van der Waals surface area contributed by atoms with Crippen LogP contribution < -0.4 is 32.2 Å². The van der Waals surface area contributed by atoms with Crippen molar-refractivity contribution in [2.24, 2.45) is 27.2 Å². The number of guanidine groups is 1. The van der Waals surface area contributed by atoms with Gasteiger partial charge in [0, 0.05) is 19.3 Å². The number of ether oxygens (including phenoxy) is 5. The quantitative estimate of drug-likeness (QED) is 0.0856. The van der Waals surface area contributed by atoms with Crippen molar-refractivity contribution in [1.82, 2.24) is 5.32 Å². The molecule has 7 N–H and O–H groups in total. The Balaban J connectivity index is 1.80. The number of halogens is 1. The van der Waals surface area contributed by atoms with Gasteiger partial charge in [-0.2, -0.15) is 0 Å². The van der Waals surface area contributed by atoms with E-state index in [1.807, 2.05) is 6.92 Å². The average Bonchev–Trinajstić information content (AvgIpc) is 2.92. The molecule has 0 aliphatic carbocycles. The molecular weight excluding hydrogens is 530 g/mol. The number of hydrogen-bond acceptors (Lipinski definition) is 11. The fourth-order valence-corrected chi connectivity index (χ4v) is 3.45. The Morgan fingerprint density at radius 2 is 1.64 bits per heavy atom. The van der Waals surface area contributed by atoms with E-state index in [1.165, 1.54) is 4.90 Å². The molecular formula is C25H40ClN7O6. The fraction of sp³-hybridized carbons (Fsp3) is 0.560. The third kappa shape index (κ3) is 11.4. The summed E-state index contributed by atoms with van der Waals surface area (Å²) in [5.74, 6) is 0.0939. The van der Waals surface area contributed by atoms with Crippen molar-refractivity contribution in [3.63, 3.8) is 0 Å². The lowest BCUT2D eigenvalue weighted by atomic mass is 10.1. The molecule has 1 heterocycles. The molecule has 1 aliphatic heterocycles. The van der Waals surface area contributed by atoms with Gasteiger partial charge in [0.2, 0.25) is 0 Å². The lowest BCUT2D eigenvalue weighted by Gasteiger charge is -2.34. The molecule has 0 saturated carbocycles. The van der Waals surface area contributed by atoms with Gasteiger partial charge in [-0.05, 0) is 30.7 Å². The number of anilines is 1. The van der Waals surface area contributed by atoms with Gasteiger partial charge in [-0.3, -0.25) is 15.1 Å². The van der Waals surface area contributed by atoms with E-state index in [0.29, 0.717) is 70.8 Å². The minimum atomic E-state index is -1.00. The van der Waals surface area contributed by atoms with E-state index < -0.39 is 12.1 Å². The van der Waals surface area contributed by atoms with Crippen LogP contribution in [0.4, 0.5) is 5.69 Å². The number of rotatable bonds is 18. The van der Waals surface area contributed by atoms with E-state index in [1.54, 1.807) is 31.4 Å². The maximum Gasteiger partial charge on any atom is 0.275 e. The van der Waals surface area contributed by atoms with E-state index >= 15 is 0 Å². The summed E-state index contributed by atoms with van der Waals surface area (Å²) in [5, 5.41) is 2.43. The Kier molecular flexibility index (Phi) is 15.2. The third-order valence-electron chi connectivity index (χ3n) is 5.30. The standard InChI is InChI=1S/C25H40ClN7O6/c1-3-4-9-30-25(29)32-24(34)20-22(27)33(23(28)21(26)31-20)18-5-7-19(8-6-18)39-17-16-38-15-14-37-13-12-36-11-10-35-2/h5-8,22H,3-4,9-17,27-28H2,1-2H3,(H3,29,30,32,34). The van der Waals surface area contributed by atoms with Gasteiger partial charge in [-0.15, -0.1) is 0 Å². The Morgan fingerprint density at radius 1 is 1.05 bits per heavy atom. The number of methoxy groups -OCH3 is 1. The number of nitrogens with zero attached hydrogens (tertiary/aromatic N) is 3. The summed E-state index contributed by atoms with van der Waals surface area (Å²) in [4.78, 5) is 22.4. The molecule has 0 fully saturated rings. The minimum Gasteiger partial charge on any atom is -0.491 e. The number of nitrogens with one attached hydrogen (secondary N) is 1. The van der Waals surface area contributed by atoms with Crippen LogP contribution in [0, 0.1) is 0 Å². The second-order valence-corrected chi connectivity index (χ2v) is 8.59. The molecule has 1 unspecified atom stereocenters. The summed E-state index contributed by atoms with van der Waals surface area (Å²) in [6.07, 6.45) is 0.802. The van der Waals surface area contributed by atoms with E-state index in [4.69, 9.17) is 52.5 Å². The normalized spacial score (nSPS) is 15.9. The first kappa shape index (κ1) is 32.3. The number of carbonyl (C=O) groups is 1. The van der Waals surface area contributed by atoms with Crippen molar-refractivity contribution >= 4 is 34.9 Å². The third-order valence-corrected chi connectivity index (χ3v) is 5.58. The van der Waals surface area contributed by atoms with E-state index in [2.05, 4.69) is 15.3 Å². The van der Waals surface area contributed by atoms with Gasteiger partial charge < -0.3 is 45.8 Å². The molecule has 1 atom stereocenters. The van der Waals surface area contributed by atoms with Crippen molar-refractivity contribution in [2.45, 2.75) is 25.9 Å². The summed E-state index contributed by atoms with van der Waals surface area (Å²) < 4.78 is 26.8. The highest BCUT2D eigenvalue weighted by atomic mass is 35.5. The zero-order chi connectivity index (χ0) is 28.5. The van der Waals surface area contributed by atoms with Crippen LogP contribution in [0.25, 0.3) is 0 Å². The highest BCUT2D eigenvalue weighted by Gasteiger charge is 2.33. The topological polar surface area (TPSA) is 181 Å². The van der Waals surface area contributed by atoms with Crippen molar-refractivity contribution in [3.05, 3.63) is 35.2 Å². The molecule has 0 saturated heterocycles. The molecule has 1 aromatic carbocycles. The molecule has 0 aromatic heterocycles. The second-order valence-electron chi connectivity index (χ2n) is 8.23. The monoisotopic (exact) mass is 569 g/mol. The predicted octanol–water partition coefficient (Wildman–Crippen LogP) is 0.863. The van der Waals surface area contributed by atoms with Gasteiger partial charge in [0.15, 0.2) is 11.1 Å². The second kappa shape index (κ2) is 18.4. The Morgan fingerprint density at radius 3 is 2.23 bits per heavy atom. The van der Waals surface area contributed by atoms with Gasteiger partial charge >= 0.3 is 0 Å². The Hall–Kier alpha value is -2.94. The lowest BCUT2D eigenvalue weighted by Crippen LogP contribution is -2.57. The number of nitrogens with two attached hydrogens (primary N) is 3. The van der Waals surface area contributed by atoms with Gasteiger partial charge in [-0.1, -0.05) is 24.9 Å². The molecule has 39 heavy (non-hydrogen) atoms. The van der Waals surface area contributed by atoms with Gasteiger partial charge in [0.05, 0.1) is 46.2 Å². The van der Waals surface area contributed by atoms with Crippen LogP contribution in [0.5, 0.6) is 5.75 Å². The summed E-state index contributed by atoms with van der Waals surface area (Å²) in [6.45, 7) is 6.34. The molecule has 2 rings (SSSR count). The molecule has 218 valence electrons. The zero-order valence-corrected chi connectivity index (χ0v) is 23.3. The molecule has 1 aliphatic rings. The average molecular weight is 570 g/mol. The van der Waals surface area contributed by atoms with Crippen molar-refractivity contribution < 1.29 is 28.5 Å². The van der Waals surface area contributed by atoms with Crippen molar-refractivity contribution in [1.29, 1.82) is 0 Å². The van der Waals surface area contributed by atoms with Crippen LogP contribution in [0.15, 0.2) is 45.2 Å². The number of hydrogen-bond donors (Lipinski definition) is 4. The fourth-order valence-electron chi connectivity index (χ4n) is 3.27. The summed E-state index contributed by atoms with van der Waals surface area (Å²) in [7, 11) is 1.63. The van der Waals surface area contributed by atoms with Gasteiger partial charge in [0.25, 0.3) is 5.91 Å². The highest BCUT2D eigenvalue weighted by molar-refractivity contribution is 6.45. The van der Waals surface area contributed by atoms with Crippen molar-refractivity contribution in [2.75, 3.05) is 71.4 Å². The maximum atomic E-state index is 12.7. The van der Waals surface area contributed by atoms with Crippen LogP contribution in [0.2, 0.25) is 0 Å². The predicted molar refractivity (Wildman–Crippen MR) is 151 cm³/mol. The minimum absolute atomic E-state index is 0.0186. The van der Waals surface area contributed by atoms with Crippen LogP contribution in [-0.4, -0.2) is 90.3 Å². The lowest BCUT2D eigenvalue weighted by molar-refractivity contribution is -0.113. The largest absolute Gasteiger partial charge is 0.491 e. The molecule has 1 aromatic rings. The first-order chi connectivity index (χ1) is 18.9. The van der Waals surface area contributed by atoms with E-state index in [0.717, 1.165) is 12.8 Å². The Bertz CT molecular complexity index is 974. The number of benzene rings is 1. The van der Waals surface area contributed by atoms with Gasteiger partial charge in [0.1, 0.15) is 30.1 Å². The highest BCUT2D eigenvalue weighted by Crippen LogP contribution is 2.28. The molecule has 0 spiro atoms.